The molecule has 13 heteroatoms. The summed E-state index contributed by atoms with van der Waals surface area (Å²) in [4.78, 5) is 46.6. The fourth-order valence-corrected chi connectivity index (χ4v) is 4.30. The minimum absolute atomic E-state index is 0.0416. The van der Waals surface area contributed by atoms with Gasteiger partial charge in [0, 0.05) is 42.7 Å². The van der Waals surface area contributed by atoms with E-state index >= 15 is 0 Å². The van der Waals surface area contributed by atoms with Crippen molar-refractivity contribution in [3.05, 3.63) is 84.2 Å². The van der Waals surface area contributed by atoms with Gasteiger partial charge in [-0.05, 0) is 36.8 Å². The molecule has 3 aromatic rings. The summed E-state index contributed by atoms with van der Waals surface area (Å²) in [6.07, 6.45) is 4.36. The molecule has 2 atom stereocenters. The summed E-state index contributed by atoms with van der Waals surface area (Å²) >= 11 is 0. The number of hydrogen-bond donors (Lipinski definition) is 6. The Kier molecular flexibility index (Phi) is 10.1. The largest absolute Gasteiger partial charge is 0.481 e. The number of benzene rings is 1. The zero-order valence-corrected chi connectivity index (χ0v) is 21.2. The lowest BCUT2D eigenvalue weighted by atomic mass is 9.91. The Labute approximate surface area is 228 Å². The number of hydrogen-bond acceptors (Lipinski definition) is 7. The van der Waals surface area contributed by atoms with E-state index in [9.17, 15) is 23.6 Å². The maximum Gasteiger partial charge on any atom is 0.336 e. The van der Waals surface area contributed by atoms with E-state index in [1.807, 2.05) is 36.7 Å². The van der Waals surface area contributed by atoms with Gasteiger partial charge in [-0.3, -0.25) is 19.4 Å². The van der Waals surface area contributed by atoms with E-state index in [1.165, 1.54) is 6.07 Å². The van der Waals surface area contributed by atoms with Gasteiger partial charge in [-0.25, -0.2) is 9.18 Å². The molecule has 2 aromatic heterocycles. The zero-order valence-electron chi connectivity index (χ0n) is 21.2. The Balaban J connectivity index is 0.000000289. The summed E-state index contributed by atoms with van der Waals surface area (Å²) in [5.74, 6) is -5.36. The Morgan fingerprint density at radius 1 is 1.05 bits per heavy atom. The molecule has 1 aromatic carbocycles. The van der Waals surface area contributed by atoms with Crippen LogP contribution in [0.2, 0.25) is 0 Å². The number of rotatable bonds is 10. The Morgan fingerprint density at radius 3 is 2.35 bits per heavy atom. The van der Waals surface area contributed by atoms with Crippen LogP contribution in [0.4, 0.5) is 4.39 Å². The van der Waals surface area contributed by atoms with Gasteiger partial charge in [-0.2, -0.15) is 0 Å². The number of aromatic nitrogens is 2. The van der Waals surface area contributed by atoms with Crippen molar-refractivity contribution < 1.29 is 44.0 Å². The molecule has 0 aliphatic carbocycles. The average Bonchev–Trinajstić information content (AvgIpc) is 3.37. The molecule has 1 amide bonds. The van der Waals surface area contributed by atoms with E-state index < -0.39 is 36.4 Å². The maximum absolute atomic E-state index is 14.3. The van der Waals surface area contributed by atoms with E-state index in [0.29, 0.717) is 24.9 Å². The number of carboxylic acids is 3. The topological polar surface area (TPSA) is 191 Å². The molecule has 6 N–H and O–H groups in total. The van der Waals surface area contributed by atoms with Crippen LogP contribution in [0.25, 0.3) is 5.69 Å². The number of carbonyl (C=O) groups excluding carboxylic acids is 1. The molecule has 0 radical (unpaired) electrons. The van der Waals surface area contributed by atoms with E-state index in [0.717, 1.165) is 11.4 Å². The third-order valence-electron chi connectivity index (χ3n) is 6.23. The van der Waals surface area contributed by atoms with Crippen molar-refractivity contribution in [2.45, 2.75) is 49.9 Å². The SMILES string of the molecule is O=C(O)CC(O)(CC(=O)O)C(=O)O.O=C1CC[C@@H](NCc2cccn2-c2cccnc2)[C@H](c2ccccc2F)N1. The number of carboxylic acid groups (broad SMARTS) is 3. The first-order valence-corrected chi connectivity index (χ1v) is 12.2. The monoisotopic (exact) mass is 556 g/mol. The molecule has 0 spiro atoms. The fourth-order valence-electron chi connectivity index (χ4n) is 4.30. The van der Waals surface area contributed by atoms with Crippen LogP contribution in [0.15, 0.2) is 67.1 Å². The number of pyridine rings is 1. The molecule has 0 saturated carbocycles. The van der Waals surface area contributed by atoms with Crippen molar-refractivity contribution in [2.24, 2.45) is 0 Å². The van der Waals surface area contributed by atoms with Crippen molar-refractivity contribution in [3.8, 4) is 5.69 Å². The fraction of sp³-hybridized carbons (Fsp3) is 0.296. The van der Waals surface area contributed by atoms with Gasteiger partial charge in [-0.1, -0.05) is 18.2 Å². The molecule has 40 heavy (non-hydrogen) atoms. The van der Waals surface area contributed by atoms with Crippen molar-refractivity contribution in [1.82, 2.24) is 20.2 Å². The molecule has 212 valence electrons. The zero-order chi connectivity index (χ0) is 29.3. The predicted molar refractivity (Wildman–Crippen MR) is 138 cm³/mol. The highest BCUT2D eigenvalue weighted by Crippen LogP contribution is 2.26. The molecular weight excluding hydrogens is 527 g/mol. The van der Waals surface area contributed by atoms with Crippen molar-refractivity contribution in [2.75, 3.05) is 0 Å². The number of piperidine rings is 1. The standard InChI is InChI=1S/C21H21FN4O.C6H8O7/c22-18-8-2-1-7-17(18)21-19(9-10-20(27)25-21)24-14-16-6-4-12-26(16)15-5-3-11-23-13-15;7-3(8)1-6(13,5(11)12)2-4(9)10/h1-8,11-13,19,21,24H,9-10,14H2,(H,25,27);13H,1-2H2,(H,7,8)(H,9,10)(H,11,12)/t19-,21+;/m1./s1. The molecule has 1 aliphatic rings. The number of aliphatic carboxylic acids is 3. The van der Waals surface area contributed by atoms with Crippen LogP contribution in [-0.2, 0) is 25.7 Å². The second-order valence-electron chi connectivity index (χ2n) is 9.15. The first kappa shape index (κ1) is 29.9. The van der Waals surface area contributed by atoms with Crippen molar-refractivity contribution in [1.29, 1.82) is 0 Å². The van der Waals surface area contributed by atoms with Crippen LogP contribution in [0.5, 0.6) is 0 Å². The molecule has 1 aliphatic heterocycles. The molecule has 4 rings (SSSR count). The molecule has 12 nitrogen and oxygen atoms in total. The lowest BCUT2D eigenvalue weighted by Crippen LogP contribution is -2.48. The van der Waals surface area contributed by atoms with Gasteiger partial charge in [0.25, 0.3) is 0 Å². The number of carbonyl (C=O) groups is 4. The second kappa shape index (κ2) is 13.4. The summed E-state index contributed by atoms with van der Waals surface area (Å²) in [5, 5.41) is 40.3. The summed E-state index contributed by atoms with van der Waals surface area (Å²) in [7, 11) is 0. The minimum Gasteiger partial charge on any atom is -0.481 e. The van der Waals surface area contributed by atoms with Crippen molar-refractivity contribution >= 4 is 23.8 Å². The van der Waals surface area contributed by atoms with Crippen LogP contribution in [0, 0.1) is 5.82 Å². The van der Waals surface area contributed by atoms with Gasteiger partial charge in [0.15, 0.2) is 5.60 Å². The molecular formula is C27H29FN4O8. The quantitative estimate of drug-likeness (QED) is 0.215. The highest BCUT2D eigenvalue weighted by molar-refractivity contribution is 5.88. The lowest BCUT2D eigenvalue weighted by Gasteiger charge is -2.33. The molecule has 1 saturated heterocycles. The van der Waals surface area contributed by atoms with Crippen LogP contribution in [0.1, 0.15) is 43.0 Å². The molecule has 1 fully saturated rings. The molecule has 0 bridgehead atoms. The van der Waals surface area contributed by atoms with Crippen LogP contribution in [0.3, 0.4) is 0 Å². The van der Waals surface area contributed by atoms with Crippen molar-refractivity contribution in [3.63, 3.8) is 0 Å². The molecule has 3 heterocycles. The number of nitrogens with zero attached hydrogens (tertiary/aromatic N) is 2. The van der Waals surface area contributed by atoms with Crippen LogP contribution < -0.4 is 10.6 Å². The van der Waals surface area contributed by atoms with E-state index in [1.54, 1.807) is 24.4 Å². The Morgan fingerprint density at radius 2 is 1.75 bits per heavy atom. The number of amides is 1. The van der Waals surface area contributed by atoms with E-state index in [4.69, 9.17) is 20.4 Å². The number of nitrogens with one attached hydrogen (secondary N) is 2. The highest BCUT2D eigenvalue weighted by atomic mass is 19.1. The van der Waals surface area contributed by atoms with E-state index in [2.05, 4.69) is 20.2 Å². The molecule has 0 unspecified atom stereocenters. The summed E-state index contributed by atoms with van der Waals surface area (Å²) in [6, 6.07) is 14.1. The van der Waals surface area contributed by atoms with Gasteiger partial charge in [0.2, 0.25) is 5.91 Å². The maximum atomic E-state index is 14.3. The van der Waals surface area contributed by atoms with Gasteiger partial charge < -0.3 is 35.6 Å². The summed E-state index contributed by atoms with van der Waals surface area (Å²) < 4.78 is 16.4. The first-order valence-electron chi connectivity index (χ1n) is 12.2. The second-order valence-corrected chi connectivity index (χ2v) is 9.15. The van der Waals surface area contributed by atoms with E-state index in [-0.39, 0.29) is 23.8 Å². The van der Waals surface area contributed by atoms with Gasteiger partial charge in [-0.15, -0.1) is 0 Å². The van der Waals surface area contributed by atoms with Crippen LogP contribution in [-0.4, -0.2) is 65.4 Å². The summed E-state index contributed by atoms with van der Waals surface area (Å²) in [5.41, 5.74) is -0.155. The van der Waals surface area contributed by atoms with Crippen LogP contribution >= 0.6 is 0 Å². The highest BCUT2D eigenvalue weighted by Gasteiger charge is 2.40. The first-order chi connectivity index (χ1) is 19.0. The number of halogens is 1. The Bertz CT molecular complexity index is 1330. The Hall–Kier alpha value is -4.62. The smallest absolute Gasteiger partial charge is 0.336 e. The average molecular weight is 557 g/mol. The predicted octanol–water partition coefficient (Wildman–Crippen LogP) is 1.87. The number of aliphatic hydroxyl groups is 1. The van der Waals surface area contributed by atoms with Gasteiger partial charge in [0.1, 0.15) is 5.82 Å². The minimum atomic E-state index is -2.74. The lowest BCUT2D eigenvalue weighted by molar-refractivity contribution is -0.170. The van der Waals surface area contributed by atoms with Gasteiger partial charge in [0.05, 0.1) is 30.8 Å². The third-order valence-corrected chi connectivity index (χ3v) is 6.23. The third kappa shape index (κ3) is 7.94. The summed E-state index contributed by atoms with van der Waals surface area (Å²) in [6.45, 7) is 0.605. The normalized spacial score (nSPS) is 16.8. The van der Waals surface area contributed by atoms with Gasteiger partial charge >= 0.3 is 17.9 Å².